The number of phenolic OH excluding ortho intramolecular Hbond substituents is 2. The molecule has 0 aliphatic carbocycles. The van der Waals surface area contributed by atoms with Gasteiger partial charge in [0, 0.05) is 23.1 Å². The quantitative estimate of drug-likeness (QED) is 0.772. The van der Waals surface area contributed by atoms with E-state index in [9.17, 15) is 10.2 Å². The zero-order valence-electron chi connectivity index (χ0n) is 13.1. The summed E-state index contributed by atoms with van der Waals surface area (Å²) in [6, 6.07) is 10.0. The minimum Gasteiger partial charge on any atom is -0.508 e. The first-order chi connectivity index (χ1) is 11.0. The van der Waals surface area contributed by atoms with Crippen molar-refractivity contribution in [2.45, 2.75) is 6.92 Å². The molecular weight excluding hydrogens is 294 g/mol. The van der Waals surface area contributed by atoms with Crippen molar-refractivity contribution in [2.75, 3.05) is 14.2 Å². The Morgan fingerprint density at radius 2 is 1.61 bits per heavy atom. The van der Waals surface area contributed by atoms with Crippen LogP contribution in [-0.4, -0.2) is 29.4 Å². The summed E-state index contributed by atoms with van der Waals surface area (Å²) < 4.78 is 10.6. The highest BCUT2D eigenvalue weighted by Gasteiger charge is 2.13. The summed E-state index contributed by atoms with van der Waals surface area (Å²) in [4.78, 5) is 4.60. The van der Waals surface area contributed by atoms with Gasteiger partial charge in [-0.3, -0.25) is 0 Å². The van der Waals surface area contributed by atoms with Gasteiger partial charge in [-0.15, -0.1) is 0 Å². The minimum atomic E-state index is -0.0169. The molecule has 0 radical (unpaired) electrons. The molecule has 5 nitrogen and oxygen atoms in total. The maximum absolute atomic E-state index is 10.0. The van der Waals surface area contributed by atoms with Crippen LogP contribution in [0, 0.1) is 6.92 Å². The van der Waals surface area contributed by atoms with E-state index in [4.69, 9.17) is 9.47 Å². The molecule has 23 heavy (non-hydrogen) atoms. The topological polar surface area (TPSA) is 71.8 Å². The maximum atomic E-state index is 10.0. The van der Waals surface area contributed by atoms with Gasteiger partial charge >= 0.3 is 0 Å². The van der Waals surface area contributed by atoms with E-state index < -0.39 is 0 Å². The van der Waals surface area contributed by atoms with Crippen LogP contribution in [0.15, 0.2) is 36.4 Å². The number of methoxy groups -OCH3 is 2. The molecular formula is C18H17NO4. The summed E-state index contributed by atoms with van der Waals surface area (Å²) in [5.41, 5.74) is 2.92. The average Bonchev–Trinajstić information content (AvgIpc) is 2.53. The van der Waals surface area contributed by atoms with Crippen molar-refractivity contribution < 1.29 is 19.7 Å². The molecule has 2 N–H and O–H groups in total. The number of pyridine rings is 1. The lowest BCUT2D eigenvalue weighted by Gasteiger charge is -2.12. The van der Waals surface area contributed by atoms with E-state index in [1.807, 2.05) is 25.1 Å². The lowest BCUT2D eigenvalue weighted by atomic mass is 10.0. The van der Waals surface area contributed by atoms with Gasteiger partial charge < -0.3 is 19.7 Å². The molecule has 0 spiro atoms. The van der Waals surface area contributed by atoms with Crippen molar-refractivity contribution in [3.05, 3.63) is 42.0 Å². The predicted octanol–water partition coefficient (Wildman–Crippen LogP) is 3.64. The van der Waals surface area contributed by atoms with E-state index in [1.54, 1.807) is 20.3 Å². The Morgan fingerprint density at radius 3 is 2.26 bits per heavy atom. The zero-order valence-corrected chi connectivity index (χ0v) is 13.1. The van der Waals surface area contributed by atoms with Gasteiger partial charge in [0.2, 0.25) is 0 Å². The van der Waals surface area contributed by atoms with Crippen LogP contribution in [0.25, 0.3) is 22.2 Å². The standard InChI is InChI=1S/C18H17NO4/c1-10-6-14(12-5-4-11(20)7-16(12)21)19-15-9-18(23-3)17(22-2)8-13(10)15/h4-9,20-21H,1-3H3. The number of hydrogen-bond acceptors (Lipinski definition) is 5. The third-order valence-electron chi connectivity index (χ3n) is 3.78. The fraction of sp³-hybridized carbons (Fsp3) is 0.167. The molecule has 3 rings (SSSR count). The fourth-order valence-electron chi connectivity index (χ4n) is 2.60. The number of ether oxygens (including phenoxy) is 2. The third kappa shape index (κ3) is 2.61. The molecule has 1 heterocycles. The summed E-state index contributed by atoms with van der Waals surface area (Å²) >= 11 is 0. The van der Waals surface area contributed by atoms with Crippen LogP contribution in [0.2, 0.25) is 0 Å². The Bertz CT molecular complexity index is 890. The number of aryl methyl sites for hydroxylation is 1. The molecule has 5 heteroatoms. The Hall–Kier alpha value is -2.95. The molecule has 0 saturated heterocycles. The molecule has 0 atom stereocenters. The monoisotopic (exact) mass is 311 g/mol. The number of rotatable bonds is 3. The highest BCUT2D eigenvalue weighted by atomic mass is 16.5. The van der Waals surface area contributed by atoms with Crippen molar-refractivity contribution in [1.82, 2.24) is 4.98 Å². The maximum Gasteiger partial charge on any atom is 0.162 e. The first-order valence-corrected chi connectivity index (χ1v) is 7.09. The fourth-order valence-corrected chi connectivity index (χ4v) is 2.60. The number of benzene rings is 2. The van der Waals surface area contributed by atoms with Crippen LogP contribution in [0.5, 0.6) is 23.0 Å². The van der Waals surface area contributed by atoms with E-state index in [1.165, 1.54) is 12.1 Å². The van der Waals surface area contributed by atoms with Crippen LogP contribution < -0.4 is 9.47 Å². The minimum absolute atomic E-state index is 0.00941. The zero-order chi connectivity index (χ0) is 16.6. The van der Waals surface area contributed by atoms with Gasteiger partial charge in [-0.25, -0.2) is 4.98 Å². The molecule has 0 amide bonds. The van der Waals surface area contributed by atoms with E-state index >= 15 is 0 Å². The smallest absolute Gasteiger partial charge is 0.162 e. The second-order valence-electron chi connectivity index (χ2n) is 5.25. The molecule has 0 aliphatic heterocycles. The van der Waals surface area contributed by atoms with Gasteiger partial charge in [-0.2, -0.15) is 0 Å². The van der Waals surface area contributed by atoms with Gasteiger partial charge in [0.05, 0.1) is 25.4 Å². The second-order valence-corrected chi connectivity index (χ2v) is 5.25. The summed E-state index contributed by atoms with van der Waals surface area (Å²) in [6.45, 7) is 1.97. The lowest BCUT2D eigenvalue weighted by molar-refractivity contribution is 0.356. The summed E-state index contributed by atoms with van der Waals surface area (Å²) in [5.74, 6) is 1.23. The SMILES string of the molecule is COc1cc2nc(-c3ccc(O)cc3O)cc(C)c2cc1OC. The number of aromatic hydroxyl groups is 2. The first-order valence-electron chi connectivity index (χ1n) is 7.09. The summed E-state index contributed by atoms with van der Waals surface area (Å²) in [7, 11) is 3.17. The normalized spacial score (nSPS) is 10.7. The highest BCUT2D eigenvalue weighted by Crippen LogP contribution is 2.36. The third-order valence-corrected chi connectivity index (χ3v) is 3.78. The molecule has 3 aromatic rings. The van der Waals surface area contributed by atoms with Crippen LogP contribution in [0.4, 0.5) is 0 Å². The van der Waals surface area contributed by atoms with Gasteiger partial charge in [0.15, 0.2) is 11.5 Å². The molecule has 2 aromatic carbocycles. The van der Waals surface area contributed by atoms with E-state index in [2.05, 4.69) is 4.98 Å². The van der Waals surface area contributed by atoms with E-state index in [-0.39, 0.29) is 11.5 Å². The van der Waals surface area contributed by atoms with Crippen molar-refractivity contribution in [2.24, 2.45) is 0 Å². The molecule has 0 saturated carbocycles. The van der Waals surface area contributed by atoms with Gasteiger partial charge in [-0.1, -0.05) is 0 Å². The molecule has 0 fully saturated rings. The number of hydrogen-bond donors (Lipinski definition) is 2. The Kier molecular flexibility index (Phi) is 3.70. The van der Waals surface area contributed by atoms with E-state index in [0.717, 1.165) is 16.5 Å². The molecule has 0 bridgehead atoms. The molecule has 0 unspecified atom stereocenters. The van der Waals surface area contributed by atoms with Gasteiger partial charge in [0.1, 0.15) is 11.5 Å². The summed E-state index contributed by atoms with van der Waals surface area (Å²) in [6.07, 6.45) is 0. The van der Waals surface area contributed by atoms with Crippen LogP contribution in [0.3, 0.4) is 0 Å². The first kappa shape index (κ1) is 15.0. The lowest BCUT2D eigenvalue weighted by Crippen LogP contribution is -1.94. The van der Waals surface area contributed by atoms with Crippen molar-refractivity contribution in [3.63, 3.8) is 0 Å². The van der Waals surface area contributed by atoms with Gasteiger partial charge in [0.25, 0.3) is 0 Å². The predicted molar refractivity (Wildman–Crippen MR) is 88.3 cm³/mol. The van der Waals surface area contributed by atoms with Crippen LogP contribution in [0.1, 0.15) is 5.56 Å². The van der Waals surface area contributed by atoms with E-state index in [0.29, 0.717) is 22.8 Å². The average molecular weight is 311 g/mol. The van der Waals surface area contributed by atoms with Crippen LogP contribution in [-0.2, 0) is 0 Å². The molecule has 0 aliphatic rings. The van der Waals surface area contributed by atoms with Gasteiger partial charge in [-0.05, 0) is 36.8 Å². The summed E-state index contributed by atoms with van der Waals surface area (Å²) in [5, 5.41) is 20.4. The Balaban J connectivity index is 2.24. The second kappa shape index (κ2) is 5.68. The number of aromatic nitrogens is 1. The number of phenols is 2. The molecule has 1 aromatic heterocycles. The number of nitrogens with zero attached hydrogens (tertiary/aromatic N) is 1. The van der Waals surface area contributed by atoms with Crippen molar-refractivity contribution >= 4 is 10.9 Å². The van der Waals surface area contributed by atoms with Crippen molar-refractivity contribution in [1.29, 1.82) is 0 Å². The Morgan fingerprint density at radius 1 is 0.913 bits per heavy atom. The highest BCUT2D eigenvalue weighted by molar-refractivity contribution is 5.88. The Labute approximate surface area is 133 Å². The van der Waals surface area contributed by atoms with Crippen LogP contribution >= 0.6 is 0 Å². The largest absolute Gasteiger partial charge is 0.508 e. The molecule has 118 valence electrons. The number of fused-ring (bicyclic) bond motifs is 1. The van der Waals surface area contributed by atoms with Crippen molar-refractivity contribution in [3.8, 4) is 34.3 Å².